The number of aryl methyl sites for hydroxylation is 1. The summed E-state index contributed by atoms with van der Waals surface area (Å²) < 4.78 is 1.31. The van der Waals surface area contributed by atoms with Gasteiger partial charge in [-0.25, -0.2) is 4.68 Å². The number of amides is 1. The number of carbonyl (C=O) groups is 1. The molecule has 1 aromatic heterocycles. The molecule has 1 aromatic rings. The Balaban J connectivity index is 2.00. The summed E-state index contributed by atoms with van der Waals surface area (Å²) in [5.74, 6) is -0.0268. The largest absolute Gasteiger partial charge is 0.398 e. The van der Waals surface area contributed by atoms with Gasteiger partial charge in [-0.15, -0.1) is 0 Å². The molecule has 3 N–H and O–H groups in total. The summed E-state index contributed by atoms with van der Waals surface area (Å²) >= 11 is 0. The number of anilines is 1. The van der Waals surface area contributed by atoms with Gasteiger partial charge in [0, 0.05) is 17.9 Å². The maximum Gasteiger partial charge on any atom is 0.262 e. The van der Waals surface area contributed by atoms with Gasteiger partial charge < -0.3 is 11.1 Å². The van der Waals surface area contributed by atoms with Gasteiger partial charge in [0.15, 0.2) is 7.28 Å². The number of nitrogens with two attached hydrogens (primary N) is 1. The summed E-state index contributed by atoms with van der Waals surface area (Å²) in [6.07, 6.45) is 3.87. The van der Waals surface area contributed by atoms with Gasteiger partial charge in [-0.3, -0.25) is 9.59 Å². The van der Waals surface area contributed by atoms with Crippen molar-refractivity contribution in [2.45, 2.75) is 38.7 Å². The Morgan fingerprint density at radius 2 is 2.39 bits per heavy atom. The molecule has 2 rings (SSSR count). The highest BCUT2D eigenvalue weighted by Gasteiger charge is 2.23. The molecule has 0 spiro atoms. The lowest BCUT2D eigenvalue weighted by atomic mass is 9.73. The van der Waals surface area contributed by atoms with Crippen LogP contribution in [-0.2, 0) is 11.3 Å². The number of nitrogens with zero attached hydrogens (tertiary/aromatic N) is 2. The van der Waals surface area contributed by atoms with E-state index in [1.165, 1.54) is 10.9 Å². The first kappa shape index (κ1) is 12.7. The van der Waals surface area contributed by atoms with Gasteiger partial charge in [-0.1, -0.05) is 6.82 Å². The van der Waals surface area contributed by atoms with Crippen molar-refractivity contribution in [3.05, 3.63) is 16.6 Å². The molecular formula is C11H17BN4O2. The van der Waals surface area contributed by atoms with Crippen LogP contribution in [0.15, 0.2) is 11.0 Å². The van der Waals surface area contributed by atoms with Gasteiger partial charge in [0.05, 0.1) is 18.4 Å². The van der Waals surface area contributed by atoms with E-state index in [0.717, 1.165) is 12.8 Å². The lowest BCUT2D eigenvalue weighted by Crippen LogP contribution is -2.41. The molecule has 1 aliphatic carbocycles. The minimum absolute atomic E-state index is 0.0268. The van der Waals surface area contributed by atoms with Crippen molar-refractivity contribution in [3.63, 3.8) is 0 Å². The molecule has 0 aromatic carbocycles. The molecule has 6 nitrogen and oxygen atoms in total. The lowest BCUT2D eigenvalue weighted by Gasteiger charge is -2.08. The Hall–Kier alpha value is -1.79. The second-order valence-corrected chi connectivity index (χ2v) is 4.55. The van der Waals surface area contributed by atoms with E-state index >= 15 is 0 Å². The molecule has 0 saturated heterocycles. The lowest BCUT2D eigenvalue weighted by molar-refractivity contribution is -0.121. The van der Waals surface area contributed by atoms with Crippen molar-refractivity contribution < 1.29 is 4.79 Å². The fourth-order valence-electron chi connectivity index (χ4n) is 1.79. The minimum atomic E-state index is -0.197. The summed E-state index contributed by atoms with van der Waals surface area (Å²) in [5, 5.41) is 6.83. The Morgan fingerprint density at radius 3 is 3.00 bits per heavy atom. The van der Waals surface area contributed by atoms with Crippen LogP contribution in [0.3, 0.4) is 0 Å². The zero-order valence-electron chi connectivity index (χ0n) is 10.5. The molecule has 1 fully saturated rings. The summed E-state index contributed by atoms with van der Waals surface area (Å²) in [5.41, 5.74) is 6.46. The molecule has 1 heterocycles. The summed E-state index contributed by atoms with van der Waals surface area (Å²) in [6.45, 7) is 2.17. The molecule has 1 saturated carbocycles. The monoisotopic (exact) mass is 248 g/mol. The normalized spacial score (nSPS) is 14.3. The maximum atomic E-state index is 12.0. The fourth-order valence-corrected chi connectivity index (χ4v) is 1.79. The molecule has 7 heteroatoms. The van der Waals surface area contributed by atoms with Gasteiger partial charge in [-0.05, 0) is 12.8 Å². The van der Waals surface area contributed by atoms with E-state index < -0.39 is 0 Å². The molecular weight excluding hydrogens is 231 g/mol. The smallest absolute Gasteiger partial charge is 0.262 e. The highest BCUT2D eigenvalue weighted by atomic mass is 16.2. The quantitative estimate of drug-likeness (QED) is 0.627. The number of carbonyl (C=O) groups excluding carboxylic acids is 1. The number of hydrogen-bond donors (Lipinski definition) is 2. The van der Waals surface area contributed by atoms with Crippen molar-refractivity contribution in [2.24, 2.45) is 0 Å². The van der Waals surface area contributed by atoms with Crippen molar-refractivity contribution in [1.29, 1.82) is 0 Å². The molecule has 18 heavy (non-hydrogen) atoms. The van der Waals surface area contributed by atoms with Crippen LogP contribution in [0.25, 0.3) is 0 Å². The zero-order valence-corrected chi connectivity index (χ0v) is 10.5. The predicted octanol–water partition coefficient (Wildman–Crippen LogP) is -1.40. The van der Waals surface area contributed by atoms with Crippen LogP contribution in [-0.4, -0.2) is 29.0 Å². The number of hydrogen-bond acceptors (Lipinski definition) is 4. The van der Waals surface area contributed by atoms with E-state index in [2.05, 4.69) is 10.4 Å². The molecule has 0 unspecified atom stereocenters. The summed E-state index contributed by atoms with van der Waals surface area (Å²) in [6, 6.07) is 0.347. The first-order valence-corrected chi connectivity index (χ1v) is 6.25. The minimum Gasteiger partial charge on any atom is -0.398 e. The number of rotatable bonds is 5. The van der Waals surface area contributed by atoms with Gasteiger partial charge in [-0.2, -0.15) is 5.10 Å². The van der Waals surface area contributed by atoms with Gasteiger partial charge in [0.25, 0.3) is 5.56 Å². The third kappa shape index (κ3) is 2.91. The number of aromatic nitrogens is 2. The summed E-state index contributed by atoms with van der Waals surface area (Å²) in [7, 11) is 0.571. The molecule has 0 bridgehead atoms. The number of nitrogen functional groups attached to an aromatic ring is 1. The van der Waals surface area contributed by atoms with Crippen LogP contribution in [0, 0.1) is 0 Å². The average molecular weight is 248 g/mol. The van der Waals surface area contributed by atoms with Crippen molar-refractivity contribution in [3.8, 4) is 0 Å². The van der Waals surface area contributed by atoms with Gasteiger partial charge >= 0.3 is 0 Å². The van der Waals surface area contributed by atoms with Crippen LogP contribution >= 0.6 is 0 Å². The third-order valence-electron chi connectivity index (χ3n) is 3.02. The highest BCUT2D eigenvalue weighted by Crippen LogP contribution is 2.18. The maximum absolute atomic E-state index is 12.0. The van der Waals surface area contributed by atoms with E-state index in [0.29, 0.717) is 31.0 Å². The predicted molar refractivity (Wildman–Crippen MR) is 71.3 cm³/mol. The van der Waals surface area contributed by atoms with Crippen LogP contribution in [0.2, 0.25) is 6.82 Å². The van der Waals surface area contributed by atoms with Crippen LogP contribution < -0.4 is 22.1 Å². The standard InChI is InChI=1S/C11H17BN4O2/c1-12-10-8(13)6-14-16(11(10)18)5-4-9(17)15-7-2-3-7/h6-7,12H,2-5,13H2,1H3,(H,15,17). The second-order valence-electron chi connectivity index (χ2n) is 4.55. The van der Waals surface area contributed by atoms with Crippen molar-refractivity contribution in [1.82, 2.24) is 15.1 Å². The topological polar surface area (TPSA) is 90.0 Å². The molecule has 0 atom stereocenters. The second kappa shape index (κ2) is 5.24. The zero-order chi connectivity index (χ0) is 13.1. The first-order chi connectivity index (χ1) is 8.61. The van der Waals surface area contributed by atoms with E-state index in [9.17, 15) is 9.59 Å². The van der Waals surface area contributed by atoms with E-state index in [1.807, 2.05) is 6.82 Å². The van der Waals surface area contributed by atoms with E-state index in [4.69, 9.17) is 5.73 Å². The SMILES string of the molecule is CBc1c(N)cnn(CCC(=O)NC2CC2)c1=O. The molecule has 1 amide bonds. The van der Waals surface area contributed by atoms with E-state index in [1.54, 1.807) is 0 Å². The molecule has 0 radical (unpaired) electrons. The van der Waals surface area contributed by atoms with Crippen molar-refractivity contribution >= 4 is 24.3 Å². The van der Waals surface area contributed by atoms with Crippen LogP contribution in [0.4, 0.5) is 5.69 Å². The molecule has 0 aliphatic heterocycles. The summed E-state index contributed by atoms with van der Waals surface area (Å²) in [4.78, 5) is 23.5. The fraction of sp³-hybridized carbons (Fsp3) is 0.545. The average Bonchev–Trinajstić information content (AvgIpc) is 3.12. The number of nitrogens with one attached hydrogen (secondary N) is 1. The molecule has 1 aliphatic rings. The Bertz CT molecular complexity index is 510. The first-order valence-electron chi connectivity index (χ1n) is 6.25. The van der Waals surface area contributed by atoms with E-state index in [-0.39, 0.29) is 17.9 Å². The molecule has 96 valence electrons. The third-order valence-corrected chi connectivity index (χ3v) is 3.02. The van der Waals surface area contributed by atoms with Crippen LogP contribution in [0.1, 0.15) is 19.3 Å². The Labute approximate surface area is 106 Å². The Kier molecular flexibility index (Phi) is 3.69. The van der Waals surface area contributed by atoms with Crippen molar-refractivity contribution in [2.75, 3.05) is 5.73 Å². The van der Waals surface area contributed by atoms with Crippen LogP contribution in [0.5, 0.6) is 0 Å². The van der Waals surface area contributed by atoms with Gasteiger partial charge in [0.2, 0.25) is 5.91 Å². The van der Waals surface area contributed by atoms with Gasteiger partial charge in [0.1, 0.15) is 0 Å². The Morgan fingerprint density at radius 1 is 1.67 bits per heavy atom. The highest BCUT2D eigenvalue weighted by molar-refractivity contribution is 6.53.